The molecular formula is C13H12N2O4S2. The van der Waals surface area contributed by atoms with Gasteiger partial charge in [-0.15, -0.1) is 11.3 Å². The molecule has 1 heterocycles. The molecule has 2 rings (SSSR count). The van der Waals surface area contributed by atoms with E-state index < -0.39 is 16.0 Å². The highest BCUT2D eigenvalue weighted by molar-refractivity contribution is 7.89. The number of carboxylic acid groups (broad SMARTS) is 1. The van der Waals surface area contributed by atoms with Crippen molar-refractivity contribution in [1.82, 2.24) is 4.83 Å². The highest BCUT2D eigenvalue weighted by atomic mass is 32.2. The molecule has 1 aromatic carbocycles. The topological polar surface area (TPSA) is 95.8 Å². The maximum Gasteiger partial charge on any atom is 0.337 e. The van der Waals surface area contributed by atoms with Crippen molar-refractivity contribution >= 4 is 33.5 Å². The number of thiophene rings is 1. The molecule has 0 aliphatic rings. The fraction of sp³-hybridized carbons (Fsp3) is 0.0769. The Morgan fingerprint density at radius 1 is 1.29 bits per heavy atom. The number of aromatic carboxylic acids is 1. The van der Waals surface area contributed by atoms with E-state index in [1.807, 2.05) is 6.92 Å². The molecule has 0 spiro atoms. The third-order valence-electron chi connectivity index (χ3n) is 2.61. The largest absolute Gasteiger partial charge is 0.478 e. The Morgan fingerprint density at radius 2 is 1.95 bits per heavy atom. The van der Waals surface area contributed by atoms with Crippen molar-refractivity contribution in [2.75, 3.05) is 0 Å². The second-order valence-corrected chi connectivity index (χ2v) is 6.78. The summed E-state index contributed by atoms with van der Waals surface area (Å²) in [6.45, 7) is 1.85. The van der Waals surface area contributed by atoms with Crippen LogP contribution in [0, 0.1) is 6.92 Å². The number of nitrogens with zero attached hydrogens (tertiary/aromatic N) is 1. The first-order chi connectivity index (χ1) is 9.90. The first-order valence-electron chi connectivity index (χ1n) is 5.82. The maximum atomic E-state index is 12.0. The quantitative estimate of drug-likeness (QED) is 0.650. The van der Waals surface area contributed by atoms with Gasteiger partial charge >= 0.3 is 5.97 Å². The summed E-state index contributed by atoms with van der Waals surface area (Å²) in [7, 11) is -3.75. The predicted octanol–water partition coefficient (Wildman–Crippen LogP) is 2.07. The van der Waals surface area contributed by atoms with Gasteiger partial charge in [0, 0.05) is 0 Å². The van der Waals surface area contributed by atoms with E-state index in [0.29, 0.717) is 4.88 Å². The lowest BCUT2D eigenvalue weighted by molar-refractivity contribution is 0.0697. The van der Waals surface area contributed by atoms with Gasteiger partial charge in [0.25, 0.3) is 10.0 Å². The van der Waals surface area contributed by atoms with Crippen LogP contribution in [-0.2, 0) is 10.0 Å². The number of nitrogens with one attached hydrogen (secondary N) is 1. The zero-order valence-electron chi connectivity index (χ0n) is 11.0. The minimum Gasteiger partial charge on any atom is -0.478 e. The van der Waals surface area contributed by atoms with Crippen LogP contribution in [0.25, 0.3) is 0 Å². The van der Waals surface area contributed by atoms with E-state index in [4.69, 9.17) is 5.11 Å². The van der Waals surface area contributed by atoms with Crippen molar-refractivity contribution in [3.05, 3.63) is 51.7 Å². The lowest BCUT2D eigenvalue weighted by Gasteiger charge is -2.03. The molecule has 1 aromatic heterocycles. The van der Waals surface area contributed by atoms with E-state index in [1.165, 1.54) is 24.4 Å². The molecule has 8 heteroatoms. The third-order valence-corrected chi connectivity index (χ3v) is 4.70. The molecule has 0 saturated carbocycles. The van der Waals surface area contributed by atoms with Crippen LogP contribution in [0.15, 0.2) is 45.7 Å². The van der Waals surface area contributed by atoms with Crippen LogP contribution < -0.4 is 4.83 Å². The Bertz CT molecular complexity index is 777. The van der Waals surface area contributed by atoms with Crippen LogP contribution in [0.4, 0.5) is 0 Å². The number of rotatable bonds is 5. The SMILES string of the molecule is Cc1ccc(S(=O)(=O)NN=Cc2sccc2C(=O)O)cc1. The number of benzene rings is 1. The number of hydrogen-bond acceptors (Lipinski definition) is 5. The standard InChI is InChI=1S/C13H12N2O4S2/c1-9-2-4-10(5-3-9)21(18,19)15-14-8-12-11(13(16)17)6-7-20-12/h2-8,15H,1H3,(H,16,17). The zero-order chi connectivity index (χ0) is 15.5. The summed E-state index contributed by atoms with van der Waals surface area (Å²) in [6.07, 6.45) is 1.18. The molecule has 2 aromatic rings. The second kappa shape index (κ2) is 6.06. The highest BCUT2D eigenvalue weighted by Crippen LogP contribution is 2.14. The van der Waals surface area contributed by atoms with Crippen LogP contribution in [-0.4, -0.2) is 25.7 Å². The molecule has 0 saturated heterocycles. The maximum absolute atomic E-state index is 12.0. The van der Waals surface area contributed by atoms with Crippen LogP contribution in [0.1, 0.15) is 20.8 Å². The minimum absolute atomic E-state index is 0.0817. The lowest BCUT2D eigenvalue weighted by atomic mass is 10.2. The Hall–Kier alpha value is -2.19. The molecule has 0 fully saturated rings. The molecule has 0 aliphatic carbocycles. The Morgan fingerprint density at radius 3 is 2.57 bits per heavy atom. The fourth-order valence-electron chi connectivity index (χ4n) is 1.52. The van der Waals surface area contributed by atoms with Gasteiger partial charge in [-0.1, -0.05) is 17.7 Å². The fourth-order valence-corrected chi connectivity index (χ4v) is 3.06. The smallest absolute Gasteiger partial charge is 0.337 e. The van der Waals surface area contributed by atoms with Crippen molar-refractivity contribution in [1.29, 1.82) is 0 Å². The summed E-state index contributed by atoms with van der Waals surface area (Å²) in [5.74, 6) is -1.08. The van der Waals surface area contributed by atoms with Gasteiger partial charge in [0.2, 0.25) is 0 Å². The number of sulfonamides is 1. The van der Waals surface area contributed by atoms with Crippen molar-refractivity contribution < 1.29 is 18.3 Å². The van der Waals surface area contributed by atoms with E-state index in [-0.39, 0.29) is 10.5 Å². The Kier molecular flexibility index (Phi) is 4.39. The molecular weight excluding hydrogens is 312 g/mol. The summed E-state index contributed by atoms with van der Waals surface area (Å²) in [4.78, 5) is 13.4. The molecule has 6 nitrogen and oxygen atoms in total. The Labute approximate surface area is 125 Å². The van der Waals surface area contributed by atoms with Crippen molar-refractivity contribution in [2.24, 2.45) is 5.10 Å². The van der Waals surface area contributed by atoms with Gasteiger partial charge in [0.05, 0.1) is 21.6 Å². The molecule has 0 radical (unpaired) electrons. The van der Waals surface area contributed by atoms with Gasteiger partial charge in [-0.3, -0.25) is 0 Å². The van der Waals surface area contributed by atoms with Crippen LogP contribution in [0.3, 0.4) is 0 Å². The van der Waals surface area contributed by atoms with Gasteiger partial charge in [-0.25, -0.2) is 9.63 Å². The average molecular weight is 324 g/mol. The molecule has 0 aliphatic heterocycles. The summed E-state index contributed by atoms with van der Waals surface area (Å²) in [6, 6.07) is 7.74. The normalized spacial score (nSPS) is 11.7. The van der Waals surface area contributed by atoms with Crippen molar-refractivity contribution in [3.63, 3.8) is 0 Å². The second-order valence-electron chi connectivity index (χ2n) is 4.17. The predicted molar refractivity (Wildman–Crippen MR) is 80.4 cm³/mol. The van der Waals surface area contributed by atoms with Crippen LogP contribution in [0.2, 0.25) is 0 Å². The van der Waals surface area contributed by atoms with Crippen molar-refractivity contribution in [3.8, 4) is 0 Å². The van der Waals surface area contributed by atoms with Gasteiger partial charge < -0.3 is 5.11 Å². The summed E-state index contributed by atoms with van der Waals surface area (Å²) in [5, 5.41) is 14.1. The van der Waals surface area contributed by atoms with Crippen LogP contribution in [0.5, 0.6) is 0 Å². The number of aryl methyl sites for hydroxylation is 1. The molecule has 0 bridgehead atoms. The van der Waals surface area contributed by atoms with Gasteiger partial charge in [-0.2, -0.15) is 13.5 Å². The lowest BCUT2D eigenvalue weighted by Crippen LogP contribution is -2.18. The van der Waals surface area contributed by atoms with E-state index >= 15 is 0 Å². The summed E-state index contributed by atoms with van der Waals surface area (Å²) < 4.78 is 23.9. The molecule has 0 amide bonds. The third kappa shape index (κ3) is 3.67. The van der Waals surface area contributed by atoms with Gasteiger partial charge in [0.15, 0.2) is 0 Å². The molecule has 0 atom stereocenters. The monoisotopic (exact) mass is 324 g/mol. The van der Waals surface area contributed by atoms with Crippen molar-refractivity contribution in [2.45, 2.75) is 11.8 Å². The number of hydrazone groups is 1. The number of carboxylic acids is 1. The minimum atomic E-state index is -3.75. The van der Waals surface area contributed by atoms with E-state index in [0.717, 1.165) is 16.9 Å². The first kappa shape index (κ1) is 15.2. The van der Waals surface area contributed by atoms with Gasteiger partial charge in [0.1, 0.15) is 0 Å². The highest BCUT2D eigenvalue weighted by Gasteiger charge is 2.13. The number of hydrogen-bond donors (Lipinski definition) is 2. The number of carbonyl (C=O) groups is 1. The summed E-state index contributed by atoms with van der Waals surface area (Å²) in [5.41, 5.74) is 1.03. The molecule has 0 unspecified atom stereocenters. The zero-order valence-corrected chi connectivity index (χ0v) is 12.6. The van der Waals surface area contributed by atoms with E-state index in [2.05, 4.69) is 9.93 Å². The first-order valence-corrected chi connectivity index (χ1v) is 8.19. The summed E-state index contributed by atoms with van der Waals surface area (Å²) >= 11 is 1.16. The average Bonchev–Trinajstić information content (AvgIpc) is 2.87. The molecule has 110 valence electrons. The van der Waals surface area contributed by atoms with E-state index in [9.17, 15) is 13.2 Å². The van der Waals surface area contributed by atoms with E-state index in [1.54, 1.807) is 17.5 Å². The van der Waals surface area contributed by atoms with Crippen LogP contribution >= 0.6 is 11.3 Å². The Balaban J connectivity index is 2.15. The van der Waals surface area contributed by atoms with Gasteiger partial charge in [-0.05, 0) is 30.5 Å². The molecule has 21 heavy (non-hydrogen) atoms. The molecule has 2 N–H and O–H groups in total.